The van der Waals surface area contributed by atoms with Gasteiger partial charge in [0.15, 0.2) is 0 Å². The number of hydrogen-bond acceptors (Lipinski definition) is 6. The molecule has 1 heterocycles. The number of nitrogens with one attached hydrogen (secondary N) is 2. The zero-order valence-electron chi connectivity index (χ0n) is 13.4. The maximum Gasteiger partial charge on any atom is 0.353 e. The van der Waals surface area contributed by atoms with Crippen LogP contribution >= 0.6 is 0 Å². The third-order valence-electron chi connectivity index (χ3n) is 3.41. The lowest BCUT2D eigenvalue weighted by Gasteiger charge is -2.10. The number of nitro groups is 1. The summed E-state index contributed by atoms with van der Waals surface area (Å²) in [6.07, 6.45) is 3.26. The molecule has 122 valence electrons. The van der Waals surface area contributed by atoms with Gasteiger partial charge in [0.25, 0.3) is 0 Å². The van der Waals surface area contributed by atoms with Crippen LogP contribution in [0.2, 0.25) is 0 Å². The summed E-state index contributed by atoms with van der Waals surface area (Å²) in [6.45, 7) is 5.18. The molecule has 0 radical (unpaired) electrons. The lowest BCUT2D eigenvalue weighted by Crippen LogP contribution is -2.10. The lowest BCUT2D eigenvalue weighted by molar-refractivity contribution is -0.383. The molecule has 0 saturated carbocycles. The molecule has 1 aromatic heterocycles. The van der Waals surface area contributed by atoms with Gasteiger partial charge in [-0.1, -0.05) is 43.2 Å². The van der Waals surface area contributed by atoms with Crippen LogP contribution in [0.15, 0.2) is 30.6 Å². The van der Waals surface area contributed by atoms with Crippen molar-refractivity contribution in [2.45, 2.75) is 33.2 Å². The first-order chi connectivity index (χ1) is 11.1. The Hall–Kier alpha value is -2.70. The van der Waals surface area contributed by atoms with E-state index < -0.39 is 4.92 Å². The summed E-state index contributed by atoms with van der Waals surface area (Å²) in [5.74, 6) is 0.481. The Bertz CT molecular complexity index is 658. The molecule has 0 spiro atoms. The third kappa shape index (κ3) is 4.64. The first-order valence-corrected chi connectivity index (χ1v) is 7.64. The number of rotatable bonds is 8. The van der Waals surface area contributed by atoms with E-state index >= 15 is 0 Å². The van der Waals surface area contributed by atoms with Crippen LogP contribution in [0.4, 0.5) is 17.3 Å². The van der Waals surface area contributed by atoms with Crippen molar-refractivity contribution < 1.29 is 4.92 Å². The molecule has 0 aliphatic carbocycles. The molecule has 2 aromatic rings. The standard InChI is InChI=1S/C16H21N5O2/c1-3-4-9-17-15-14(21(22)23)16(20-11-19-15)18-10-13-7-5-12(2)6-8-13/h5-8,11H,3-4,9-10H2,1-2H3,(H2,17,18,19,20). The van der Waals surface area contributed by atoms with E-state index in [0.29, 0.717) is 13.1 Å². The van der Waals surface area contributed by atoms with Gasteiger partial charge in [0, 0.05) is 13.1 Å². The zero-order valence-corrected chi connectivity index (χ0v) is 13.4. The van der Waals surface area contributed by atoms with E-state index in [1.54, 1.807) is 0 Å². The fraction of sp³-hybridized carbons (Fsp3) is 0.375. The smallest absolute Gasteiger partial charge is 0.353 e. The second-order valence-corrected chi connectivity index (χ2v) is 5.30. The van der Waals surface area contributed by atoms with E-state index in [9.17, 15) is 10.1 Å². The molecule has 0 saturated heterocycles. The average Bonchev–Trinajstić information content (AvgIpc) is 2.54. The molecular formula is C16H21N5O2. The average molecular weight is 315 g/mol. The zero-order chi connectivity index (χ0) is 16.7. The molecule has 0 aliphatic heterocycles. The molecule has 0 unspecified atom stereocenters. The van der Waals surface area contributed by atoms with E-state index in [2.05, 4.69) is 27.5 Å². The maximum absolute atomic E-state index is 11.4. The molecule has 0 bridgehead atoms. The van der Waals surface area contributed by atoms with Crippen LogP contribution in [0.5, 0.6) is 0 Å². The van der Waals surface area contributed by atoms with Crippen LogP contribution in [0.1, 0.15) is 30.9 Å². The minimum atomic E-state index is -0.453. The van der Waals surface area contributed by atoms with Gasteiger partial charge in [-0.25, -0.2) is 9.97 Å². The van der Waals surface area contributed by atoms with Gasteiger partial charge in [0.05, 0.1) is 4.92 Å². The molecule has 0 atom stereocenters. The highest BCUT2D eigenvalue weighted by atomic mass is 16.6. The monoisotopic (exact) mass is 315 g/mol. The van der Waals surface area contributed by atoms with Crippen molar-refractivity contribution in [1.29, 1.82) is 0 Å². The van der Waals surface area contributed by atoms with Gasteiger partial charge in [-0.15, -0.1) is 0 Å². The molecule has 1 aromatic carbocycles. The molecule has 2 N–H and O–H groups in total. The van der Waals surface area contributed by atoms with Crippen molar-refractivity contribution in [1.82, 2.24) is 9.97 Å². The van der Waals surface area contributed by atoms with Crippen LogP contribution in [0, 0.1) is 17.0 Å². The summed E-state index contributed by atoms with van der Waals surface area (Å²) >= 11 is 0. The highest BCUT2D eigenvalue weighted by Gasteiger charge is 2.22. The molecule has 23 heavy (non-hydrogen) atoms. The maximum atomic E-state index is 11.4. The summed E-state index contributed by atoms with van der Waals surface area (Å²) < 4.78 is 0. The van der Waals surface area contributed by atoms with E-state index in [1.165, 1.54) is 11.9 Å². The van der Waals surface area contributed by atoms with Crippen molar-refractivity contribution in [3.8, 4) is 0 Å². The van der Waals surface area contributed by atoms with Gasteiger partial charge >= 0.3 is 5.69 Å². The second kappa shape index (κ2) is 8.07. The Labute approximate surface area is 135 Å². The normalized spacial score (nSPS) is 10.3. The number of aryl methyl sites for hydroxylation is 1. The van der Waals surface area contributed by atoms with Crippen molar-refractivity contribution in [2.75, 3.05) is 17.2 Å². The van der Waals surface area contributed by atoms with Gasteiger partial charge < -0.3 is 10.6 Å². The summed E-state index contributed by atoms with van der Waals surface area (Å²) in [4.78, 5) is 18.9. The predicted molar refractivity (Wildman–Crippen MR) is 90.6 cm³/mol. The first-order valence-electron chi connectivity index (χ1n) is 7.64. The van der Waals surface area contributed by atoms with Crippen molar-refractivity contribution in [3.63, 3.8) is 0 Å². The van der Waals surface area contributed by atoms with Crippen molar-refractivity contribution in [3.05, 3.63) is 51.8 Å². The molecule has 0 fully saturated rings. The Balaban J connectivity index is 2.15. The SMILES string of the molecule is CCCCNc1ncnc(NCc2ccc(C)cc2)c1[N+](=O)[O-]. The molecule has 7 nitrogen and oxygen atoms in total. The fourth-order valence-corrected chi connectivity index (χ4v) is 2.09. The molecular weight excluding hydrogens is 294 g/mol. The molecule has 0 amide bonds. The minimum Gasteiger partial charge on any atom is -0.364 e. The van der Waals surface area contributed by atoms with Crippen molar-refractivity contribution >= 4 is 17.3 Å². The van der Waals surface area contributed by atoms with E-state index in [0.717, 1.165) is 18.4 Å². The van der Waals surface area contributed by atoms with E-state index in [-0.39, 0.29) is 17.3 Å². The summed E-state index contributed by atoms with van der Waals surface area (Å²) in [6, 6.07) is 7.97. The molecule has 7 heteroatoms. The number of benzene rings is 1. The van der Waals surface area contributed by atoms with Crippen LogP contribution < -0.4 is 10.6 Å². The van der Waals surface area contributed by atoms with Gasteiger partial charge in [-0.3, -0.25) is 10.1 Å². The quantitative estimate of drug-likeness (QED) is 0.440. The molecule has 0 aliphatic rings. The van der Waals surface area contributed by atoms with Gasteiger partial charge in [0.2, 0.25) is 11.6 Å². The van der Waals surface area contributed by atoms with Crippen molar-refractivity contribution in [2.24, 2.45) is 0 Å². The van der Waals surface area contributed by atoms with Crippen LogP contribution in [-0.2, 0) is 6.54 Å². The molecule has 2 rings (SSSR count). The summed E-state index contributed by atoms with van der Waals surface area (Å²) in [5.41, 5.74) is 2.09. The van der Waals surface area contributed by atoms with Gasteiger partial charge in [-0.2, -0.15) is 0 Å². The largest absolute Gasteiger partial charge is 0.364 e. The number of nitrogens with zero attached hydrogens (tertiary/aromatic N) is 3. The summed E-state index contributed by atoms with van der Waals surface area (Å²) in [7, 11) is 0. The van der Waals surface area contributed by atoms with E-state index in [4.69, 9.17) is 0 Å². The third-order valence-corrected chi connectivity index (χ3v) is 3.41. The Morgan fingerprint density at radius 1 is 1.13 bits per heavy atom. The highest BCUT2D eigenvalue weighted by molar-refractivity contribution is 5.69. The lowest BCUT2D eigenvalue weighted by atomic mass is 10.1. The number of aromatic nitrogens is 2. The van der Waals surface area contributed by atoms with Gasteiger partial charge in [0.1, 0.15) is 6.33 Å². The van der Waals surface area contributed by atoms with Crippen LogP contribution in [-0.4, -0.2) is 21.4 Å². The second-order valence-electron chi connectivity index (χ2n) is 5.30. The fourth-order valence-electron chi connectivity index (χ4n) is 2.09. The number of anilines is 2. The Morgan fingerprint density at radius 2 is 1.78 bits per heavy atom. The number of hydrogen-bond donors (Lipinski definition) is 2. The highest BCUT2D eigenvalue weighted by Crippen LogP contribution is 2.29. The Kier molecular flexibility index (Phi) is 5.85. The minimum absolute atomic E-state index is 0.115. The van der Waals surface area contributed by atoms with E-state index in [1.807, 2.05) is 31.2 Å². The Morgan fingerprint density at radius 3 is 2.39 bits per heavy atom. The predicted octanol–water partition coefficient (Wildman–Crippen LogP) is 3.52. The summed E-state index contributed by atoms with van der Waals surface area (Å²) in [5, 5.41) is 17.4. The number of unbranched alkanes of at least 4 members (excludes halogenated alkanes) is 1. The first kappa shape index (κ1) is 16.7. The van der Waals surface area contributed by atoms with Crippen LogP contribution in [0.25, 0.3) is 0 Å². The van der Waals surface area contributed by atoms with Crippen LogP contribution in [0.3, 0.4) is 0 Å². The van der Waals surface area contributed by atoms with Gasteiger partial charge in [-0.05, 0) is 18.9 Å². The topological polar surface area (TPSA) is 93.0 Å².